The highest BCUT2D eigenvalue weighted by Gasteiger charge is 2.20. The zero-order chi connectivity index (χ0) is 15.1. The van der Waals surface area contributed by atoms with Crippen molar-refractivity contribution in [3.8, 4) is 0 Å². The quantitative estimate of drug-likeness (QED) is 0.674. The molecule has 1 amide bonds. The van der Waals surface area contributed by atoms with E-state index in [1.807, 2.05) is 23.1 Å². The first-order valence-electron chi connectivity index (χ1n) is 7.53. The molecule has 2 rings (SSSR count). The lowest BCUT2D eigenvalue weighted by Crippen LogP contribution is -2.53. The molecule has 1 N–H and O–H groups in total. The van der Waals surface area contributed by atoms with Gasteiger partial charge >= 0.3 is 0 Å². The summed E-state index contributed by atoms with van der Waals surface area (Å²) in [4.78, 5) is 20.2. The summed E-state index contributed by atoms with van der Waals surface area (Å²) in [5.41, 5.74) is 1.20. The van der Waals surface area contributed by atoms with E-state index in [0.717, 1.165) is 38.7 Å². The molecule has 5 heteroatoms. The molecule has 0 aromatic heterocycles. The normalized spacial score (nSPS) is 16.0. The van der Waals surface area contributed by atoms with Crippen molar-refractivity contribution >= 4 is 11.9 Å². The van der Waals surface area contributed by atoms with E-state index in [1.54, 1.807) is 6.92 Å². The van der Waals surface area contributed by atoms with E-state index in [2.05, 4.69) is 29.3 Å². The second-order valence-electron chi connectivity index (χ2n) is 5.15. The maximum Gasteiger partial charge on any atom is 0.219 e. The van der Waals surface area contributed by atoms with Gasteiger partial charge in [0.1, 0.15) is 0 Å². The van der Waals surface area contributed by atoms with E-state index in [4.69, 9.17) is 4.99 Å². The number of carbonyl (C=O) groups excluding carboxylic acids is 1. The highest BCUT2D eigenvalue weighted by atomic mass is 16.2. The number of benzene rings is 1. The van der Waals surface area contributed by atoms with Crippen molar-refractivity contribution in [1.29, 1.82) is 0 Å². The average Bonchev–Trinajstić information content (AvgIpc) is 2.52. The van der Waals surface area contributed by atoms with Gasteiger partial charge in [0.2, 0.25) is 5.91 Å². The van der Waals surface area contributed by atoms with Crippen LogP contribution in [0.5, 0.6) is 0 Å². The van der Waals surface area contributed by atoms with E-state index in [1.165, 1.54) is 5.56 Å². The van der Waals surface area contributed by atoms with Crippen LogP contribution in [0.25, 0.3) is 0 Å². The Morgan fingerprint density at radius 3 is 2.33 bits per heavy atom. The molecule has 0 saturated carbocycles. The Morgan fingerprint density at radius 2 is 1.76 bits per heavy atom. The minimum absolute atomic E-state index is 0.154. The van der Waals surface area contributed by atoms with Crippen molar-refractivity contribution in [1.82, 2.24) is 15.1 Å². The number of hydrogen-bond acceptors (Lipinski definition) is 2. The molecule has 21 heavy (non-hydrogen) atoms. The van der Waals surface area contributed by atoms with Gasteiger partial charge in [-0.25, -0.2) is 4.99 Å². The van der Waals surface area contributed by atoms with E-state index in [0.29, 0.717) is 6.54 Å². The molecule has 0 atom stereocenters. The molecule has 1 aromatic carbocycles. The largest absolute Gasteiger partial charge is 0.357 e. The van der Waals surface area contributed by atoms with Gasteiger partial charge in [0.05, 0.1) is 6.54 Å². The molecule has 1 saturated heterocycles. The molecule has 1 aliphatic heterocycles. The summed E-state index contributed by atoms with van der Waals surface area (Å²) in [6, 6.07) is 10.2. The SMILES string of the molecule is CCNC(=NCc1ccccc1)N1CCN(C(C)=O)CC1. The standard InChI is InChI=1S/C16H24N4O/c1-3-17-16(18-13-15-7-5-4-6-8-15)20-11-9-19(10-12-20)14(2)21/h4-8H,3,9-13H2,1-2H3,(H,17,18). The smallest absolute Gasteiger partial charge is 0.219 e. The summed E-state index contributed by atoms with van der Waals surface area (Å²) < 4.78 is 0. The molecular formula is C16H24N4O. The Balaban J connectivity index is 1.97. The Kier molecular flexibility index (Phi) is 5.60. The van der Waals surface area contributed by atoms with Crippen LogP contribution >= 0.6 is 0 Å². The monoisotopic (exact) mass is 288 g/mol. The van der Waals surface area contributed by atoms with Gasteiger partial charge in [-0.05, 0) is 12.5 Å². The maximum absolute atomic E-state index is 11.4. The number of amides is 1. The minimum atomic E-state index is 0.154. The number of nitrogens with zero attached hydrogens (tertiary/aromatic N) is 3. The predicted octanol–water partition coefficient (Wildman–Crippen LogP) is 1.32. The molecule has 1 fully saturated rings. The average molecular weight is 288 g/mol. The Hall–Kier alpha value is -2.04. The van der Waals surface area contributed by atoms with Gasteiger partial charge in [-0.15, -0.1) is 0 Å². The van der Waals surface area contributed by atoms with Crippen LogP contribution in [0.2, 0.25) is 0 Å². The van der Waals surface area contributed by atoms with Crippen LogP contribution in [0, 0.1) is 0 Å². The van der Waals surface area contributed by atoms with Crippen molar-refractivity contribution in [2.24, 2.45) is 4.99 Å². The molecule has 114 valence electrons. The lowest BCUT2D eigenvalue weighted by Gasteiger charge is -2.36. The van der Waals surface area contributed by atoms with Gasteiger partial charge in [0.25, 0.3) is 0 Å². The lowest BCUT2D eigenvalue weighted by molar-refractivity contribution is -0.130. The molecule has 0 radical (unpaired) electrons. The molecule has 1 heterocycles. The van der Waals surface area contributed by atoms with Crippen LogP contribution in [0.1, 0.15) is 19.4 Å². The Labute approximate surface area is 126 Å². The molecule has 0 spiro atoms. The third kappa shape index (κ3) is 4.48. The molecule has 1 aromatic rings. The first-order chi connectivity index (χ1) is 10.2. The van der Waals surface area contributed by atoms with E-state index < -0.39 is 0 Å². The summed E-state index contributed by atoms with van der Waals surface area (Å²) in [6.45, 7) is 8.43. The van der Waals surface area contributed by atoms with Crippen molar-refractivity contribution in [3.63, 3.8) is 0 Å². The van der Waals surface area contributed by atoms with E-state index in [-0.39, 0.29) is 5.91 Å². The Bertz CT molecular complexity index is 478. The first-order valence-corrected chi connectivity index (χ1v) is 7.53. The van der Waals surface area contributed by atoms with Crippen LogP contribution in [-0.2, 0) is 11.3 Å². The zero-order valence-electron chi connectivity index (χ0n) is 12.9. The number of hydrogen-bond donors (Lipinski definition) is 1. The molecule has 0 unspecified atom stereocenters. The molecule has 0 bridgehead atoms. The fraction of sp³-hybridized carbons (Fsp3) is 0.500. The van der Waals surface area contributed by atoms with Gasteiger partial charge in [0, 0.05) is 39.6 Å². The number of carbonyl (C=O) groups is 1. The Morgan fingerprint density at radius 1 is 1.14 bits per heavy atom. The highest BCUT2D eigenvalue weighted by molar-refractivity contribution is 5.80. The predicted molar refractivity (Wildman–Crippen MR) is 85.1 cm³/mol. The summed E-state index contributed by atoms with van der Waals surface area (Å²) in [5.74, 6) is 1.09. The van der Waals surface area contributed by atoms with Crippen LogP contribution < -0.4 is 5.32 Å². The van der Waals surface area contributed by atoms with Crippen LogP contribution in [0.4, 0.5) is 0 Å². The second-order valence-corrected chi connectivity index (χ2v) is 5.15. The van der Waals surface area contributed by atoms with Crippen LogP contribution in [-0.4, -0.2) is 54.4 Å². The summed E-state index contributed by atoms with van der Waals surface area (Å²) in [5, 5.41) is 3.34. The zero-order valence-corrected chi connectivity index (χ0v) is 12.9. The number of nitrogens with one attached hydrogen (secondary N) is 1. The third-order valence-electron chi connectivity index (χ3n) is 3.61. The second kappa shape index (κ2) is 7.67. The minimum Gasteiger partial charge on any atom is -0.357 e. The number of aliphatic imine (C=N–C) groups is 1. The fourth-order valence-electron chi connectivity index (χ4n) is 2.41. The number of rotatable bonds is 3. The topological polar surface area (TPSA) is 47.9 Å². The molecular weight excluding hydrogens is 264 g/mol. The van der Waals surface area contributed by atoms with Crippen molar-refractivity contribution in [2.75, 3.05) is 32.7 Å². The maximum atomic E-state index is 11.4. The van der Waals surface area contributed by atoms with Crippen LogP contribution in [0.3, 0.4) is 0 Å². The van der Waals surface area contributed by atoms with Gasteiger partial charge in [-0.2, -0.15) is 0 Å². The van der Waals surface area contributed by atoms with Gasteiger partial charge in [-0.3, -0.25) is 4.79 Å². The summed E-state index contributed by atoms with van der Waals surface area (Å²) in [7, 11) is 0. The van der Waals surface area contributed by atoms with Crippen molar-refractivity contribution in [3.05, 3.63) is 35.9 Å². The van der Waals surface area contributed by atoms with E-state index in [9.17, 15) is 4.79 Å². The molecule has 1 aliphatic rings. The van der Waals surface area contributed by atoms with Crippen LogP contribution in [0.15, 0.2) is 35.3 Å². The molecule has 5 nitrogen and oxygen atoms in total. The van der Waals surface area contributed by atoms with Gasteiger partial charge < -0.3 is 15.1 Å². The lowest BCUT2D eigenvalue weighted by atomic mass is 10.2. The highest BCUT2D eigenvalue weighted by Crippen LogP contribution is 2.05. The van der Waals surface area contributed by atoms with Gasteiger partial charge in [0.15, 0.2) is 5.96 Å². The summed E-state index contributed by atoms with van der Waals surface area (Å²) in [6.07, 6.45) is 0. The molecule has 0 aliphatic carbocycles. The van der Waals surface area contributed by atoms with Crippen molar-refractivity contribution in [2.45, 2.75) is 20.4 Å². The van der Waals surface area contributed by atoms with Gasteiger partial charge in [-0.1, -0.05) is 30.3 Å². The fourth-order valence-corrected chi connectivity index (χ4v) is 2.41. The summed E-state index contributed by atoms with van der Waals surface area (Å²) >= 11 is 0. The third-order valence-corrected chi connectivity index (χ3v) is 3.61. The van der Waals surface area contributed by atoms with Crippen molar-refractivity contribution < 1.29 is 4.79 Å². The number of piperazine rings is 1. The number of guanidine groups is 1. The van der Waals surface area contributed by atoms with E-state index >= 15 is 0 Å². The first kappa shape index (κ1) is 15.4.